The summed E-state index contributed by atoms with van der Waals surface area (Å²) in [5.74, 6) is -0.160. The van der Waals surface area contributed by atoms with E-state index in [4.69, 9.17) is 0 Å². The minimum atomic E-state index is -4.37. The van der Waals surface area contributed by atoms with Gasteiger partial charge in [-0.05, 0) is 44.0 Å². The van der Waals surface area contributed by atoms with Crippen LogP contribution in [0.4, 0.5) is 13.2 Å². The molecule has 2 rings (SSSR count). The Labute approximate surface area is 127 Å². The van der Waals surface area contributed by atoms with Crippen molar-refractivity contribution in [1.29, 1.82) is 0 Å². The molecular formula is C14H18ClF3N2O. The van der Waals surface area contributed by atoms with Crippen LogP contribution >= 0.6 is 12.4 Å². The van der Waals surface area contributed by atoms with Crippen molar-refractivity contribution in [2.75, 3.05) is 6.54 Å². The molecule has 0 spiro atoms. The number of hydrogen-bond acceptors (Lipinski definition) is 2. The molecule has 2 N–H and O–H groups in total. The van der Waals surface area contributed by atoms with E-state index < -0.39 is 17.8 Å². The van der Waals surface area contributed by atoms with Gasteiger partial charge in [0.25, 0.3) is 0 Å². The highest BCUT2D eigenvalue weighted by molar-refractivity contribution is 5.85. The first kappa shape index (κ1) is 17.8. The predicted molar refractivity (Wildman–Crippen MR) is 76.3 cm³/mol. The third-order valence-corrected chi connectivity index (χ3v) is 3.45. The maximum Gasteiger partial charge on any atom is 0.416 e. The average Bonchev–Trinajstić information content (AvgIpc) is 2.91. The van der Waals surface area contributed by atoms with Crippen LogP contribution in [0.2, 0.25) is 0 Å². The lowest BCUT2D eigenvalue weighted by atomic mass is 10.0. The molecule has 7 heteroatoms. The summed E-state index contributed by atoms with van der Waals surface area (Å²) in [6, 6.07) is 4.36. The zero-order chi connectivity index (χ0) is 14.8. The Morgan fingerprint density at radius 2 is 2.14 bits per heavy atom. The van der Waals surface area contributed by atoms with Gasteiger partial charge in [-0.1, -0.05) is 12.1 Å². The third-order valence-electron chi connectivity index (χ3n) is 3.45. The summed E-state index contributed by atoms with van der Waals surface area (Å²) in [7, 11) is 0. The first-order valence-corrected chi connectivity index (χ1v) is 6.59. The number of amides is 1. The summed E-state index contributed by atoms with van der Waals surface area (Å²) >= 11 is 0. The summed E-state index contributed by atoms with van der Waals surface area (Å²) in [5.41, 5.74) is -0.249. The third kappa shape index (κ3) is 4.61. The number of carbonyl (C=O) groups excluding carboxylic acids is 1. The first-order valence-electron chi connectivity index (χ1n) is 6.59. The van der Waals surface area contributed by atoms with E-state index in [0.29, 0.717) is 5.56 Å². The van der Waals surface area contributed by atoms with Crippen molar-refractivity contribution >= 4 is 18.3 Å². The second-order valence-corrected chi connectivity index (χ2v) is 5.00. The SMILES string of the molecule is CC(NC(=O)[C@@H]1CCCN1)c1cccc(C(F)(F)F)c1.Cl. The zero-order valence-corrected chi connectivity index (χ0v) is 12.4. The molecule has 0 radical (unpaired) electrons. The van der Waals surface area contributed by atoms with Crippen LogP contribution in [-0.4, -0.2) is 18.5 Å². The van der Waals surface area contributed by atoms with E-state index in [0.717, 1.165) is 31.5 Å². The quantitative estimate of drug-likeness (QED) is 0.898. The van der Waals surface area contributed by atoms with E-state index in [2.05, 4.69) is 10.6 Å². The second-order valence-electron chi connectivity index (χ2n) is 5.00. The molecule has 1 aliphatic heterocycles. The van der Waals surface area contributed by atoms with Crippen molar-refractivity contribution in [3.05, 3.63) is 35.4 Å². The van der Waals surface area contributed by atoms with Gasteiger partial charge >= 0.3 is 6.18 Å². The maximum atomic E-state index is 12.6. The Hall–Kier alpha value is -1.27. The Kier molecular flexibility index (Phi) is 6.04. The van der Waals surface area contributed by atoms with E-state index in [1.165, 1.54) is 6.07 Å². The highest BCUT2D eigenvalue weighted by atomic mass is 35.5. The van der Waals surface area contributed by atoms with Gasteiger partial charge in [-0.25, -0.2) is 0 Å². The van der Waals surface area contributed by atoms with Gasteiger partial charge in [-0.15, -0.1) is 12.4 Å². The molecule has 0 aromatic heterocycles. The van der Waals surface area contributed by atoms with Crippen LogP contribution in [0.3, 0.4) is 0 Å². The first-order chi connectivity index (χ1) is 9.38. The molecule has 1 aliphatic rings. The largest absolute Gasteiger partial charge is 0.416 e. The number of carbonyl (C=O) groups is 1. The van der Waals surface area contributed by atoms with Crippen LogP contribution in [0.15, 0.2) is 24.3 Å². The lowest BCUT2D eigenvalue weighted by molar-refractivity contribution is -0.137. The minimum absolute atomic E-state index is 0. The Morgan fingerprint density at radius 1 is 1.43 bits per heavy atom. The molecule has 1 unspecified atom stereocenters. The highest BCUT2D eigenvalue weighted by Gasteiger charge is 2.31. The maximum absolute atomic E-state index is 12.6. The molecule has 0 aliphatic carbocycles. The van der Waals surface area contributed by atoms with E-state index in [1.54, 1.807) is 13.0 Å². The van der Waals surface area contributed by atoms with Gasteiger partial charge in [0.2, 0.25) is 5.91 Å². The Bertz CT molecular complexity index is 487. The Balaban J connectivity index is 0.00000220. The topological polar surface area (TPSA) is 41.1 Å². The lowest BCUT2D eigenvalue weighted by Gasteiger charge is -2.18. The van der Waals surface area contributed by atoms with Gasteiger partial charge in [0.15, 0.2) is 0 Å². The summed E-state index contributed by atoms with van der Waals surface area (Å²) in [6.45, 7) is 2.48. The van der Waals surface area contributed by atoms with Crippen molar-refractivity contribution in [3.8, 4) is 0 Å². The molecule has 2 atom stereocenters. The number of nitrogens with one attached hydrogen (secondary N) is 2. The molecule has 1 aromatic carbocycles. The number of rotatable bonds is 3. The van der Waals surface area contributed by atoms with Crippen LogP contribution in [-0.2, 0) is 11.0 Å². The fourth-order valence-corrected chi connectivity index (χ4v) is 2.29. The summed E-state index contributed by atoms with van der Waals surface area (Å²) < 4.78 is 37.9. The van der Waals surface area contributed by atoms with Crippen molar-refractivity contribution in [1.82, 2.24) is 10.6 Å². The summed E-state index contributed by atoms with van der Waals surface area (Å²) in [5, 5.41) is 5.80. The number of halogens is 4. The minimum Gasteiger partial charge on any atom is -0.348 e. The van der Waals surface area contributed by atoms with Crippen molar-refractivity contribution < 1.29 is 18.0 Å². The smallest absolute Gasteiger partial charge is 0.348 e. The molecule has 3 nitrogen and oxygen atoms in total. The Morgan fingerprint density at radius 3 is 2.71 bits per heavy atom. The van der Waals surface area contributed by atoms with E-state index in [9.17, 15) is 18.0 Å². The summed E-state index contributed by atoms with van der Waals surface area (Å²) in [6.07, 6.45) is -2.66. The van der Waals surface area contributed by atoms with Gasteiger partial charge in [0.1, 0.15) is 0 Å². The van der Waals surface area contributed by atoms with Crippen LogP contribution in [0.5, 0.6) is 0 Å². The average molecular weight is 323 g/mol. The van der Waals surface area contributed by atoms with Crippen LogP contribution in [0, 0.1) is 0 Å². The van der Waals surface area contributed by atoms with Crippen molar-refractivity contribution in [2.24, 2.45) is 0 Å². The van der Waals surface area contributed by atoms with E-state index in [1.807, 2.05) is 0 Å². The normalized spacial score (nSPS) is 19.7. The van der Waals surface area contributed by atoms with Crippen LogP contribution in [0.1, 0.15) is 36.9 Å². The highest BCUT2D eigenvalue weighted by Crippen LogP contribution is 2.30. The standard InChI is InChI=1S/C14H17F3N2O.ClH/c1-9(19-13(20)12-6-3-7-18-12)10-4-2-5-11(8-10)14(15,16)17;/h2,4-5,8-9,12,18H,3,6-7H2,1H3,(H,19,20);1H/t9?,12-;/m0./s1. The number of benzene rings is 1. The molecule has 0 bridgehead atoms. The monoisotopic (exact) mass is 322 g/mol. The second kappa shape index (κ2) is 7.13. The molecule has 1 heterocycles. The lowest BCUT2D eigenvalue weighted by Crippen LogP contribution is -2.41. The predicted octanol–water partition coefficient (Wildman–Crippen LogP) is 3.06. The van der Waals surface area contributed by atoms with Crippen molar-refractivity contribution in [3.63, 3.8) is 0 Å². The zero-order valence-electron chi connectivity index (χ0n) is 11.5. The van der Waals surface area contributed by atoms with Crippen LogP contribution in [0.25, 0.3) is 0 Å². The van der Waals surface area contributed by atoms with E-state index in [-0.39, 0.29) is 24.4 Å². The molecule has 1 amide bonds. The number of alkyl halides is 3. The van der Waals surface area contributed by atoms with Gasteiger partial charge < -0.3 is 10.6 Å². The number of hydrogen-bond donors (Lipinski definition) is 2. The van der Waals surface area contributed by atoms with Crippen LogP contribution < -0.4 is 10.6 Å². The molecule has 1 saturated heterocycles. The van der Waals surface area contributed by atoms with E-state index >= 15 is 0 Å². The molecular weight excluding hydrogens is 305 g/mol. The van der Waals surface area contributed by atoms with Gasteiger partial charge in [-0.3, -0.25) is 4.79 Å². The fraction of sp³-hybridized carbons (Fsp3) is 0.500. The van der Waals surface area contributed by atoms with Crippen molar-refractivity contribution in [2.45, 2.75) is 38.0 Å². The van der Waals surface area contributed by atoms with Gasteiger partial charge in [-0.2, -0.15) is 13.2 Å². The molecule has 1 aromatic rings. The molecule has 0 saturated carbocycles. The summed E-state index contributed by atoms with van der Waals surface area (Å²) in [4.78, 5) is 11.9. The van der Waals surface area contributed by atoms with Gasteiger partial charge in [0.05, 0.1) is 17.6 Å². The molecule has 118 valence electrons. The fourth-order valence-electron chi connectivity index (χ4n) is 2.29. The molecule has 21 heavy (non-hydrogen) atoms. The van der Waals surface area contributed by atoms with Gasteiger partial charge in [0, 0.05) is 0 Å². The molecule has 1 fully saturated rings.